The number of nitro benzene ring substituents is 1. The van der Waals surface area contributed by atoms with Crippen molar-refractivity contribution in [2.24, 2.45) is 5.92 Å². The van der Waals surface area contributed by atoms with E-state index in [0.717, 1.165) is 0 Å². The second-order valence-electron chi connectivity index (χ2n) is 4.83. The van der Waals surface area contributed by atoms with Crippen molar-refractivity contribution in [2.45, 2.75) is 27.0 Å². The maximum Gasteiger partial charge on any atom is 0.270 e. The van der Waals surface area contributed by atoms with Crippen molar-refractivity contribution in [1.29, 1.82) is 0 Å². The Bertz CT molecular complexity index is 542. The summed E-state index contributed by atoms with van der Waals surface area (Å²) in [4.78, 5) is 22.0. The van der Waals surface area contributed by atoms with E-state index in [4.69, 9.17) is 9.47 Å². The highest BCUT2D eigenvalue weighted by Crippen LogP contribution is 2.32. The first-order valence-corrected chi connectivity index (χ1v) is 6.27. The minimum atomic E-state index is -0.470. The molecule has 1 N–H and O–H groups in total. The van der Waals surface area contributed by atoms with Crippen molar-refractivity contribution in [3.8, 4) is 5.75 Å². The van der Waals surface area contributed by atoms with E-state index in [2.05, 4.69) is 5.32 Å². The van der Waals surface area contributed by atoms with Gasteiger partial charge < -0.3 is 14.8 Å². The van der Waals surface area contributed by atoms with Gasteiger partial charge in [-0.3, -0.25) is 14.9 Å². The lowest BCUT2D eigenvalue weighted by molar-refractivity contribution is -0.385. The number of hydrogen-bond donors (Lipinski definition) is 1. The van der Waals surface area contributed by atoms with Crippen LogP contribution in [0.4, 0.5) is 5.69 Å². The largest absolute Gasteiger partial charge is 0.467 e. The standard InChI is InChI=1S/C13H16N2O5/c1-8(2)13(16)14-5-9-3-11(15(17)18)4-10-6-19-7-20-12(9)10/h3-4,8H,5-7H2,1-2H3,(H,14,16). The molecular weight excluding hydrogens is 264 g/mol. The van der Waals surface area contributed by atoms with Crippen LogP contribution in [-0.2, 0) is 22.7 Å². The van der Waals surface area contributed by atoms with Gasteiger partial charge in [0.25, 0.3) is 5.69 Å². The fourth-order valence-corrected chi connectivity index (χ4v) is 1.90. The fraction of sp³-hybridized carbons (Fsp3) is 0.462. The molecule has 0 fully saturated rings. The molecule has 7 heteroatoms. The molecule has 0 radical (unpaired) electrons. The Balaban J connectivity index is 2.27. The summed E-state index contributed by atoms with van der Waals surface area (Å²) in [6.07, 6.45) is 0. The van der Waals surface area contributed by atoms with Gasteiger partial charge in [-0.25, -0.2) is 0 Å². The maximum atomic E-state index is 11.6. The average molecular weight is 280 g/mol. The van der Waals surface area contributed by atoms with E-state index >= 15 is 0 Å². The molecule has 1 amide bonds. The van der Waals surface area contributed by atoms with Crippen LogP contribution in [0.3, 0.4) is 0 Å². The number of nitrogens with zero attached hydrogens (tertiary/aromatic N) is 1. The Morgan fingerprint density at radius 3 is 2.90 bits per heavy atom. The van der Waals surface area contributed by atoms with Crippen LogP contribution in [-0.4, -0.2) is 17.6 Å². The molecule has 0 saturated carbocycles. The Morgan fingerprint density at radius 2 is 2.25 bits per heavy atom. The highest BCUT2D eigenvalue weighted by molar-refractivity contribution is 5.77. The van der Waals surface area contributed by atoms with Gasteiger partial charge in [0, 0.05) is 35.7 Å². The molecule has 0 spiro atoms. The van der Waals surface area contributed by atoms with Crippen LogP contribution in [0.15, 0.2) is 12.1 Å². The molecule has 0 aliphatic carbocycles. The number of nitro groups is 1. The van der Waals surface area contributed by atoms with Crippen molar-refractivity contribution < 1.29 is 19.2 Å². The summed E-state index contributed by atoms with van der Waals surface area (Å²) in [5, 5.41) is 13.7. The Labute approximate surface area is 116 Å². The zero-order valence-corrected chi connectivity index (χ0v) is 11.3. The third-order valence-electron chi connectivity index (χ3n) is 2.96. The van der Waals surface area contributed by atoms with E-state index in [0.29, 0.717) is 16.9 Å². The van der Waals surface area contributed by atoms with Crippen molar-refractivity contribution in [2.75, 3.05) is 6.79 Å². The zero-order valence-electron chi connectivity index (χ0n) is 11.3. The molecule has 0 atom stereocenters. The number of nitrogens with one attached hydrogen (secondary N) is 1. The number of carbonyl (C=O) groups is 1. The van der Waals surface area contributed by atoms with E-state index in [1.54, 1.807) is 13.8 Å². The number of carbonyl (C=O) groups excluding carboxylic acids is 1. The van der Waals surface area contributed by atoms with Crippen molar-refractivity contribution in [1.82, 2.24) is 5.32 Å². The topological polar surface area (TPSA) is 90.7 Å². The predicted octanol–water partition coefficient (Wildman–Crippen LogP) is 1.73. The van der Waals surface area contributed by atoms with Crippen LogP contribution in [0.2, 0.25) is 0 Å². The first-order valence-electron chi connectivity index (χ1n) is 6.27. The summed E-state index contributed by atoms with van der Waals surface area (Å²) in [6.45, 7) is 4.13. The SMILES string of the molecule is CC(C)C(=O)NCc1cc([N+](=O)[O-])cc2c1OCOC2. The molecular formula is C13H16N2O5. The molecule has 20 heavy (non-hydrogen) atoms. The first-order chi connectivity index (χ1) is 9.49. The third-order valence-corrected chi connectivity index (χ3v) is 2.96. The highest BCUT2D eigenvalue weighted by atomic mass is 16.7. The molecule has 1 heterocycles. The molecule has 0 bridgehead atoms. The predicted molar refractivity (Wildman–Crippen MR) is 70.1 cm³/mol. The van der Waals surface area contributed by atoms with Gasteiger partial charge >= 0.3 is 0 Å². The monoisotopic (exact) mass is 280 g/mol. The van der Waals surface area contributed by atoms with Crippen LogP contribution >= 0.6 is 0 Å². The molecule has 7 nitrogen and oxygen atoms in total. The maximum absolute atomic E-state index is 11.6. The van der Waals surface area contributed by atoms with E-state index in [-0.39, 0.29) is 37.5 Å². The van der Waals surface area contributed by atoms with Gasteiger partial charge in [0.15, 0.2) is 6.79 Å². The van der Waals surface area contributed by atoms with Crippen molar-refractivity contribution in [3.63, 3.8) is 0 Å². The van der Waals surface area contributed by atoms with Crippen LogP contribution in [0.5, 0.6) is 5.75 Å². The second-order valence-corrected chi connectivity index (χ2v) is 4.83. The fourth-order valence-electron chi connectivity index (χ4n) is 1.90. The number of rotatable bonds is 4. The van der Waals surface area contributed by atoms with E-state index in [1.807, 2.05) is 0 Å². The summed E-state index contributed by atoms with van der Waals surface area (Å²) >= 11 is 0. The van der Waals surface area contributed by atoms with Crippen molar-refractivity contribution >= 4 is 11.6 Å². The van der Waals surface area contributed by atoms with E-state index < -0.39 is 4.92 Å². The van der Waals surface area contributed by atoms with E-state index in [9.17, 15) is 14.9 Å². The van der Waals surface area contributed by atoms with Crippen LogP contribution in [0, 0.1) is 16.0 Å². The number of ether oxygens (including phenoxy) is 2. The number of benzene rings is 1. The van der Waals surface area contributed by atoms with E-state index in [1.165, 1.54) is 12.1 Å². The van der Waals surface area contributed by atoms with Crippen molar-refractivity contribution in [3.05, 3.63) is 33.4 Å². The number of fused-ring (bicyclic) bond motifs is 1. The van der Waals surface area contributed by atoms with Gasteiger partial charge in [0.1, 0.15) is 5.75 Å². The first kappa shape index (κ1) is 14.3. The molecule has 1 aliphatic heterocycles. The summed E-state index contributed by atoms with van der Waals surface area (Å²) in [6, 6.07) is 2.85. The number of non-ortho nitro benzene ring substituents is 1. The summed E-state index contributed by atoms with van der Waals surface area (Å²) in [5.41, 5.74) is 1.18. The zero-order chi connectivity index (χ0) is 14.7. The molecule has 1 aromatic carbocycles. The molecule has 0 aromatic heterocycles. The number of amides is 1. The summed E-state index contributed by atoms with van der Waals surface area (Å²) < 4.78 is 10.5. The van der Waals surface area contributed by atoms with Crippen LogP contribution < -0.4 is 10.1 Å². The summed E-state index contributed by atoms with van der Waals surface area (Å²) in [7, 11) is 0. The van der Waals surface area contributed by atoms with Gasteiger partial charge in [-0.05, 0) is 0 Å². The van der Waals surface area contributed by atoms with Gasteiger partial charge in [-0.2, -0.15) is 0 Å². The lowest BCUT2D eigenvalue weighted by atomic mass is 10.1. The lowest BCUT2D eigenvalue weighted by Crippen LogP contribution is -2.27. The highest BCUT2D eigenvalue weighted by Gasteiger charge is 2.21. The molecule has 0 unspecified atom stereocenters. The molecule has 0 saturated heterocycles. The van der Waals surface area contributed by atoms with Gasteiger partial charge in [0.05, 0.1) is 11.5 Å². The van der Waals surface area contributed by atoms with Gasteiger partial charge in [-0.15, -0.1) is 0 Å². The molecule has 1 aliphatic rings. The Morgan fingerprint density at radius 1 is 1.50 bits per heavy atom. The lowest BCUT2D eigenvalue weighted by Gasteiger charge is -2.20. The quantitative estimate of drug-likeness (QED) is 0.670. The minimum absolute atomic E-state index is 0.0355. The Hall–Kier alpha value is -2.15. The molecule has 2 rings (SSSR count). The molecule has 108 valence electrons. The second kappa shape index (κ2) is 5.87. The molecule has 1 aromatic rings. The van der Waals surface area contributed by atoms with Gasteiger partial charge in [0.2, 0.25) is 5.91 Å². The normalized spacial score (nSPS) is 13.6. The summed E-state index contributed by atoms with van der Waals surface area (Å²) in [5.74, 6) is 0.303. The average Bonchev–Trinajstić information content (AvgIpc) is 2.43. The third kappa shape index (κ3) is 3.05. The smallest absolute Gasteiger partial charge is 0.270 e. The minimum Gasteiger partial charge on any atom is -0.467 e. The van der Waals surface area contributed by atoms with Crippen LogP contribution in [0.25, 0.3) is 0 Å². The number of hydrogen-bond acceptors (Lipinski definition) is 5. The Kier molecular flexibility index (Phi) is 4.19. The van der Waals surface area contributed by atoms with Gasteiger partial charge in [-0.1, -0.05) is 13.8 Å². The van der Waals surface area contributed by atoms with Crippen LogP contribution in [0.1, 0.15) is 25.0 Å².